The summed E-state index contributed by atoms with van der Waals surface area (Å²) in [6.45, 7) is 0.771. The molecule has 0 bridgehead atoms. The first-order valence-electron chi connectivity index (χ1n) is 9.15. The normalized spacial score (nSPS) is 18.3. The van der Waals surface area contributed by atoms with E-state index in [1.165, 1.54) is 12.0 Å². The summed E-state index contributed by atoms with van der Waals surface area (Å²) in [5, 5.41) is 11.5. The fourth-order valence-electron chi connectivity index (χ4n) is 3.41. The lowest BCUT2D eigenvalue weighted by Gasteiger charge is -2.25. The second kappa shape index (κ2) is 9.11. The fraction of sp³-hybridized carbons (Fsp3) is 0.273. The second-order valence-corrected chi connectivity index (χ2v) is 7.06. The molecule has 0 aliphatic carbocycles. The van der Waals surface area contributed by atoms with Crippen molar-refractivity contribution in [1.29, 1.82) is 0 Å². The third-order valence-electron chi connectivity index (χ3n) is 4.82. The molecule has 0 unspecified atom stereocenters. The van der Waals surface area contributed by atoms with Crippen LogP contribution < -0.4 is 4.74 Å². The molecule has 1 atom stereocenters. The zero-order valence-electron chi connectivity index (χ0n) is 16.2. The summed E-state index contributed by atoms with van der Waals surface area (Å²) in [6.07, 6.45) is 0.562. The Morgan fingerprint density at radius 1 is 1.14 bits per heavy atom. The Morgan fingerprint density at radius 2 is 1.86 bits per heavy atom. The number of hydrogen-bond donors (Lipinski definition) is 1. The molecule has 6 nitrogen and oxygen atoms in total. The van der Waals surface area contributed by atoms with Gasteiger partial charge in [0.15, 0.2) is 0 Å². The van der Waals surface area contributed by atoms with E-state index in [1.54, 1.807) is 55.6 Å². The van der Waals surface area contributed by atoms with Gasteiger partial charge in [0, 0.05) is 30.8 Å². The van der Waals surface area contributed by atoms with Crippen molar-refractivity contribution in [3.8, 4) is 5.75 Å². The van der Waals surface area contributed by atoms with Gasteiger partial charge in [0.1, 0.15) is 11.5 Å². The molecule has 152 valence electrons. The molecule has 0 saturated carbocycles. The van der Waals surface area contributed by atoms with Crippen LogP contribution in [0, 0.1) is 0 Å². The Labute approximate surface area is 174 Å². The number of methoxy groups -OCH3 is 2. The summed E-state index contributed by atoms with van der Waals surface area (Å²) < 4.78 is 10.3. The van der Waals surface area contributed by atoms with Crippen molar-refractivity contribution >= 4 is 29.1 Å². The molecule has 29 heavy (non-hydrogen) atoms. The summed E-state index contributed by atoms with van der Waals surface area (Å²) in [5.74, 6) is -1.07. The lowest BCUT2D eigenvalue weighted by Crippen LogP contribution is -2.31. The van der Waals surface area contributed by atoms with Crippen LogP contribution in [0.15, 0.2) is 54.1 Å². The number of aliphatic hydroxyl groups excluding tert-OH is 1. The number of ketones is 1. The van der Waals surface area contributed by atoms with E-state index < -0.39 is 17.7 Å². The summed E-state index contributed by atoms with van der Waals surface area (Å²) in [4.78, 5) is 27.1. The molecule has 1 amide bonds. The highest BCUT2D eigenvalue weighted by atomic mass is 35.5. The third kappa shape index (κ3) is 4.28. The molecule has 2 aromatic rings. The zero-order valence-corrected chi connectivity index (χ0v) is 17.0. The Balaban J connectivity index is 2.12. The number of Topliss-reactive ketones (excluding diaryl/α,β-unsaturated/α-hetero) is 1. The van der Waals surface area contributed by atoms with Gasteiger partial charge in [-0.2, -0.15) is 0 Å². The largest absolute Gasteiger partial charge is 0.507 e. The maximum atomic E-state index is 12.9. The highest BCUT2D eigenvalue weighted by molar-refractivity contribution is 6.46. The molecule has 1 N–H and O–H groups in total. The highest BCUT2D eigenvalue weighted by Gasteiger charge is 2.45. The number of amides is 1. The van der Waals surface area contributed by atoms with E-state index in [4.69, 9.17) is 21.1 Å². The average Bonchev–Trinajstić information content (AvgIpc) is 2.99. The molecule has 1 aliphatic heterocycles. The Morgan fingerprint density at radius 3 is 2.52 bits per heavy atom. The summed E-state index contributed by atoms with van der Waals surface area (Å²) in [5.41, 5.74) is 1.14. The van der Waals surface area contributed by atoms with Crippen molar-refractivity contribution in [3.63, 3.8) is 0 Å². The Kier molecular flexibility index (Phi) is 6.56. The van der Waals surface area contributed by atoms with E-state index in [1.807, 2.05) is 0 Å². The zero-order chi connectivity index (χ0) is 21.0. The summed E-state index contributed by atoms with van der Waals surface area (Å²) in [6, 6.07) is 12.9. The predicted molar refractivity (Wildman–Crippen MR) is 110 cm³/mol. The molecule has 1 fully saturated rings. The van der Waals surface area contributed by atoms with E-state index in [9.17, 15) is 14.7 Å². The van der Waals surface area contributed by atoms with E-state index in [2.05, 4.69) is 0 Å². The molecule has 2 aromatic carbocycles. The van der Waals surface area contributed by atoms with Crippen LogP contribution in [0.3, 0.4) is 0 Å². The molecule has 1 heterocycles. The maximum absolute atomic E-state index is 12.9. The second-order valence-electron chi connectivity index (χ2n) is 6.62. The molecule has 0 radical (unpaired) electrons. The molecular formula is C22H22ClNO5. The minimum Gasteiger partial charge on any atom is -0.507 e. The number of ether oxygens (including phenoxy) is 2. The number of halogens is 1. The van der Waals surface area contributed by atoms with Crippen LogP contribution in [0.25, 0.3) is 5.76 Å². The van der Waals surface area contributed by atoms with Crippen LogP contribution in [-0.4, -0.2) is 49.1 Å². The van der Waals surface area contributed by atoms with Gasteiger partial charge in [0.25, 0.3) is 11.7 Å². The van der Waals surface area contributed by atoms with Gasteiger partial charge in [-0.15, -0.1) is 0 Å². The molecule has 0 aromatic heterocycles. The van der Waals surface area contributed by atoms with E-state index in [-0.39, 0.29) is 11.3 Å². The van der Waals surface area contributed by atoms with Gasteiger partial charge in [-0.1, -0.05) is 35.9 Å². The van der Waals surface area contributed by atoms with Crippen molar-refractivity contribution in [2.24, 2.45) is 0 Å². The lowest BCUT2D eigenvalue weighted by molar-refractivity contribution is -0.140. The number of carbonyl (C=O) groups is 2. The van der Waals surface area contributed by atoms with Gasteiger partial charge in [-0.3, -0.25) is 9.59 Å². The number of benzene rings is 2. The standard InChI is InChI=1S/C22H22ClNO5/c1-28-12-4-11-24-19(14-7-9-16(23)10-8-14)18(21(26)22(24)27)20(25)15-5-3-6-17(13-15)29-2/h3,5-10,13,19,25H,4,11-12H2,1-2H3/t19-/m1/s1. The Hall–Kier alpha value is -2.83. The van der Waals surface area contributed by atoms with Crippen LogP contribution in [0.2, 0.25) is 5.02 Å². The lowest BCUT2D eigenvalue weighted by atomic mass is 9.95. The van der Waals surface area contributed by atoms with Gasteiger partial charge in [0.2, 0.25) is 0 Å². The average molecular weight is 416 g/mol. The van der Waals surface area contributed by atoms with Crippen molar-refractivity contribution in [1.82, 2.24) is 4.90 Å². The van der Waals surface area contributed by atoms with Crippen molar-refractivity contribution < 1.29 is 24.2 Å². The van der Waals surface area contributed by atoms with Crippen LogP contribution in [0.4, 0.5) is 0 Å². The number of rotatable bonds is 7. The van der Waals surface area contributed by atoms with Crippen molar-refractivity contribution in [3.05, 3.63) is 70.3 Å². The minimum atomic E-state index is -0.720. The summed E-state index contributed by atoms with van der Waals surface area (Å²) in [7, 11) is 3.09. The van der Waals surface area contributed by atoms with Crippen LogP contribution in [-0.2, 0) is 14.3 Å². The fourth-order valence-corrected chi connectivity index (χ4v) is 3.53. The van der Waals surface area contributed by atoms with E-state index in [0.717, 1.165) is 0 Å². The van der Waals surface area contributed by atoms with Crippen LogP contribution >= 0.6 is 11.6 Å². The maximum Gasteiger partial charge on any atom is 0.295 e. The first-order chi connectivity index (χ1) is 14.0. The number of carbonyl (C=O) groups excluding carboxylic acids is 2. The predicted octanol–water partition coefficient (Wildman–Crippen LogP) is 3.81. The van der Waals surface area contributed by atoms with Crippen molar-refractivity contribution in [2.75, 3.05) is 27.4 Å². The molecule has 3 rings (SSSR count). The number of nitrogens with zero attached hydrogens (tertiary/aromatic N) is 1. The van der Waals surface area contributed by atoms with Crippen LogP contribution in [0.1, 0.15) is 23.6 Å². The number of aliphatic hydroxyl groups is 1. The Bertz CT molecular complexity index is 938. The number of likely N-dealkylation sites (tertiary alicyclic amines) is 1. The highest BCUT2D eigenvalue weighted by Crippen LogP contribution is 2.40. The molecule has 1 saturated heterocycles. The van der Waals surface area contributed by atoms with Gasteiger partial charge in [-0.25, -0.2) is 0 Å². The van der Waals surface area contributed by atoms with Gasteiger partial charge in [0.05, 0.1) is 18.7 Å². The third-order valence-corrected chi connectivity index (χ3v) is 5.07. The first kappa shape index (κ1) is 20.9. The summed E-state index contributed by atoms with van der Waals surface area (Å²) >= 11 is 6.00. The van der Waals surface area contributed by atoms with E-state index >= 15 is 0 Å². The molecular weight excluding hydrogens is 394 g/mol. The molecule has 7 heteroatoms. The van der Waals surface area contributed by atoms with Crippen molar-refractivity contribution in [2.45, 2.75) is 12.5 Å². The minimum absolute atomic E-state index is 0.0444. The van der Waals surface area contributed by atoms with Gasteiger partial charge >= 0.3 is 0 Å². The molecule has 0 spiro atoms. The quantitative estimate of drug-likeness (QED) is 0.322. The SMILES string of the molecule is COCCCN1C(=O)C(=O)C(=C(O)c2cccc(OC)c2)[C@H]1c1ccc(Cl)cc1. The first-order valence-corrected chi connectivity index (χ1v) is 9.53. The monoisotopic (exact) mass is 415 g/mol. The van der Waals surface area contributed by atoms with Crippen LogP contribution in [0.5, 0.6) is 5.75 Å². The number of hydrogen-bond acceptors (Lipinski definition) is 5. The van der Waals surface area contributed by atoms with Gasteiger partial charge < -0.3 is 19.5 Å². The topological polar surface area (TPSA) is 76.1 Å². The van der Waals surface area contributed by atoms with Gasteiger partial charge in [-0.05, 0) is 36.2 Å². The molecule has 1 aliphatic rings. The van der Waals surface area contributed by atoms with E-state index in [0.29, 0.717) is 41.5 Å². The smallest absolute Gasteiger partial charge is 0.295 e.